The summed E-state index contributed by atoms with van der Waals surface area (Å²) in [5.41, 5.74) is 1.73. The van der Waals surface area contributed by atoms with Crippen molar-refractivity contribution >= 4 is 16.8 Å². The fraction of sp³-hybridized carbons (Fsp3) is 0.200. The lowest BCUT2D eigenvalue weighted by Crippen LogP contribution is -2.27. The number of aromatic amines is 1. The summed E-state index contributed by atoms with van der Waals surface area (Å²) in [5.74, 6) is 0.657. The number of nitrogens with one attached hydrogen (secondary N) is 2. The molecule has 0 aliphatic rings. The van der Waals surface area contributed by atoms with Crippen LogP contribution in [0.4, 0.5) is 0 Å². The van der Waals surface area contributed by atoms with Crippen molar-refractivity contribution in [3.8, 4) is 0 Å². The third kappa shape index (κ3) is 2.07. The first-order valence-electron chi connectivity index (χ1n) is 6.51. The smallest absolute Gasteiger partial charge is 0.254 e. The predicted molar refractivity (Wildman–Crippen MR) is 77.4 cm³/mol. The van der Waals surface area contributed by atoms with Crippen LogP contribution in [0.5, 0.6) is 0 Å². The van der Waals surface area contributed by atoms with Gasteiger partial charge in [-0.15, -0.1) is 0 Å². The first-order valence-corrected chi connectivity index (χ1v) is 6.51. The Balaban J connectivity index is 1.90. The number of benzene rings is 1. The Kier molecular flexibility index (Phi) is 3.02. The van der Waals surface area contributed by atoms with Gasteiger partial charge in [0.15, 0.2) is 0 Å². The summed E-state index contributed by atoms with van der Waals surface area (Å²) in [4.78, 5) is 19.6. The molecule has 0 fully saturated rings. The third-order valence-electron chi connectivity index (χ3n) is 3.42. The molecule has 0 saturated heterocycles. The average molecular weight is 268 g/mol. The summed E-state index contributed by atoms with van der Waals surface area (Å²) in [6.07, 6.45) is 5.28. The van der Waals surface area contributed by atoms with E-state index in [1.807, 2.05) is 49.0 Å². The maximum absolute atomic E-state index is 12.4. The minimum atomic E-state index is -0.156. The number of fused-ring (bicyclic) bond motifs is 1. The molecule has 0 aliphatic carbocycles. The van der Waals surface area contributed by atoms with Gasteiger partial charge in [-0.05, 0) is 13.0 Å². The highest BCUT2D eigenvalue weighted by atomic mass is 16.1. The van der Waals surface area contributed by atoms with E-state index in [2.05, 4.69) is 15.3 Å². The van der Waals surface area contributed by atoms with E-state index in [9.17, 15) is 4.79 Å². The Morgan fingerprint density at radius 3 is 2.95 bits per heavy atom. The van der Waals surface area contributed by atoms with E-state index in [4.69, 9.17) is 0 Å². The molecule has 1 unspecified atom stereocenters. The van der Waals surface area contributed by atoms with Gasteiger partial charge in [0.05, 0.1) is 11.6 Å². The molecule has 0 radical (unpaired) electrons. The third-order valence-corrected chi connectivity index (χ3v) is 3.42. The van der Waals surface area contributed by atoms with Crippen LogP contribution in [-0.2, 0) is 7.05 Å². The predicted octanol–water partition coefficient (Wildman–Crippen LogP) is 2.39. The molecule has 1 aromatic carbocycles. The summed E-state index contributed by atoms with van der Waals surface area (Å²) >= 11 is 0. The van der Waals surface area contributed by atoms with Gasteiger partial charge in [-0.3, -0.25) is 4.79 Å². The van der Waals surface area contributed by atoms with Crippen LogP contribution in [0.3, 0.4) is 0 Å². The Bertz CT molecular complexity index is 742. The number of amides is 1. The number of hydrogen-bond acceptors (Lipinski definition) is 2. The molecule has 1 amide bonds. The molecular formula is C15H16N4O. The van der Waals surface area contributed by atoms with Gasteiger partial charge in [0.25, 0.3) is 5.91 Å². The summed E-state index contributed by atoms with van der Waals surface area (Å²) in [6.45, 7) is 1.90. The molecule has 20 heavy (non-hydrogen) atoms. The number of hydrogen-bond donors (Lipinski definition) is 2. The molecule has 0 saturated carbocycles. The van der Waals surface area contributed by atoms with Gasteiger partial charge < -0.3 is 14.9 Å². The normalized spacial score (nSPS) is 12.5. The van der Waals surface area contributed by atoms with Gasteiger partial charge in [0, 0.05) is 36.5 Å². The second-order valence-electron chi connectivity index (χ2n) is 4.84. The number of H-pyrrole nitrogens is 1. The number of rotatable bonds is 3. The van der Waals surface area contributed by atoms with E-state index in [0.717, 1.165) is 16.7 Å². The highest BCUT2D eigenvalue weighted by Gasteiger charge is 2.17. The summed E-state index contributed by atoms with van der Waals surface area (Å²) < 4.78 is 1.96. The zero-order valence-electron chi connectivity index (χ0n) is 11.4. The molecular weight excluding hydrogens is 252 g/mol. The summed E-state index contributed by atoms with van der Waals surface area (Å²) in [6, 6.07) is 7.71. The molecule has 1 atom stereocenters. The second kappa shape index (κ2) is 4.85. The first-order chi connectivity index (χ1) is 9.66. The number of nitrogens with zero attached hydrogens (tertiary/aromatic N) is 2. The zero-order valence-corrected chi connectivity index (χ0v) is 11.4. The van der Waals surface area contributed by atoms with Crippen molar-refractivity contribution in [2.24, 2.45) is 7.05 Å². The van der Waals surface area contributed by atoms with Crippen molar-refractivity contribution in [1.82, 2.24) is 19.9 Å². The maximum Gasteiger partial charge on any atom is 0.254 e. The number of aryl methyl sites for hydroxylation is 1. The number of carbonyl (C=O) groups is 1. The minimum Gasteiger partial charge on any atom is -0.350 e. The maximum atomic E-state index is 12.4. The van der Waals surface area contributed by atoms with Gasteiger partial charge in [-0.25, -0.2) is 4.98 Å². The van der Waals surface area contributed by atoms with E-state index < -0.39 is 0 Å². The van der Waals surface area contributed by atoms with Gasteiger partial charge in [0.2, 0.25) is 0 Å². The van der Waals surface area contributed by atoms with Crippen LogP contribution in [0, 0.1) is 0 Å². The van der Waals surface area contributed by atoms with Crippen molar-refractivity contribution in [1.29, 1.82) is 0 Å². The molecule has 0 spiro atoms. The highest BCUT2D eigenvalue weighted by molar-refractivity contribution is 6.07. The van der Waals surface area contributed by atoms with Crippen molar-refractivity contribution < 1.29 is 4.79 Å². The molecule has 0 bridgehead atoms. The van der Waals surface area contributed by atoms with Crippen molar-refractivity contribution in [3.63, 3.8) is 0 Å². The van der Waals surface area contributed by atoms with Gasteiger partial charge in [-0.1, -0.05) is 18.2 Å². The number of carbonyl (C=O) groups excluding carboxylic acids is 1. The quantitative estimate of drug-likeness (QED) is 0.766. The molecule has 3 rings (SSSR count). The van der Waals surface area contributed by atoms with Crippen LogP contribution in [0.2, 0.25) is 0 Å². The van der Waals surface area contributed by atoms with Crippen LogP contribution in [-0.4, -0.2) is 20.4 Å². The SMILES string of the molecule is CC(NC(=O)c1cn(C)c2ccccc12)c1ncc[nH]1. The van der Waals surface area contributed by atoms with Gasteiger partial charge >= 0.3 is 0 Å². The molecule has 2 aromatic heterocycles. The lowest BCUT2D eigenvalue weighted by atomic mass is 10.1. The van der Waals surface area contributed by atoms with Crippen LogP contribution < -0.4 is 5.32 Å². The fourth-order valence-corrected chi connectivity index (χ4v) is 2.38. The summed E-state index contributed by atoms with van der Waals surface area (Å²) in [7, 11) is 1.94. The van der Waals surface area contributed by atoms with E-state index in [-0.39, 0.29) is 11.9 Å². The monoisotopic (exact) mass is 268 g/mol. The average Bonchev–Trinajstić information content (AvgIpc) is 3.07. The van der Waals surface area contributed by atoms with Crippen LogP contribution in [0.25, 0.3) is 10.9 Å². The Labute approximate surface area is 116 Å². The van der Waals surface area contributed by atoms with Crippen LogP contribution in [0.1, 0.15) is 29.1 Å². The van der Waals surface area contributed by atoms with Gasteiger partial charge in [0.1, 0.15) is 5.82 Å². The van der Waals surface area contributed by atoms with E-state index in [0.29, 0.717) is 5.56 Å². The number of para-hydroxylation sites is 1. The largest absolute Gasteiger partial charge is 0.350 e. The van der Waals surface area contributed by atoms with Crippen LogP contribution in [0.15, 0.2) is 42.9 Å². The van der Waals surface area contributed by atoms with Gasteiger partial charge in [-0.2, -0.15) is 0 Å². The lowest BCUT2D eigenvalue weighted by Gasteiger charge is -2.10. The Hall–Kier alpha value is -2.56. The van der Waals surface area contributed by atoms with Crippen molar-refractivity contribution in [2.75, 3.05) is 0 Å². The van der Waals surface area contributed by atoms with Crippen molar-refractivity contribution in [2.45, 2.75) is 13.0 Å². The molecule has 5 nitrogen and oxygen atoms in total. The van der Waals surface area contributed by atoms with Crippen molar-refractivity contribution in [3.05, 3.63) is 54.2 Å². The Morgan fingerprint density at radius 1 is 1.40 bits per heavy atom. The topological polar surface area (TPSA) is 62.7 Å². The standard InChI is InChI=1S/C15H16N4O/c1-10(14-16-7-8-17-14)18-15(20)12-9-19(2)13-6-4-3-5-11(12)13/h3-10H,1-2H3,(H,16,17)(H,18,20). The molecule has 2 heterocycles. The summed E-state index contributed by atoms with van der Waals surface area (Å²) in [5, 5.41) is 3.92. The molecule has 102 valence electrons. The Morgan fingerprint density at radius 2 is 2.20 bits per heavy atom. The molecule has 5 heteroatoms. The van der Waals surface area contributed by atoms with E-state index >= 15 is 0 Å². The molecule has 2 N–H and O–H groups in total. The number of imidazole rings is 1. The zero-order chi connectivity index (χ0) is 14.1. The first kappa shape index (κ1) is 12.5. The minimum absolute atomic E-state index is 0.0919. The second-order valence-corrected chi connectivity index (χ2v) is 4.84. The fourth-order valence-electron chi connectivity index (χ4n) is 2.38. The van der Waals surface area contributed by atoms with Crippen LogP contribution >= 0.6 is 0 Å². The highest BCUT2D eigenvalue weighted by Crippen LogP contribution is 2.20. The van der Waals surface area contributed by atoms with E-state index in [1.165, 1.54) is 0 Å². The lowest BCUT2D eigenvalue weighted by molar-refractivity contribution is 0.0940. The number of aromatic nitrogens is 3. The van der Waals surface area contributed by atoms with E-state index in [1.54, 1.807) is 12.4 Å². The molecule has 0 aliphatic heterocycles. The molecule has 3 aromatic rings.